The summed E-state index contributed by atoms with van der Waals surface area (Å²) in [5, 5.41) is 11.3. The summed E-state index contributed by atoms with van der Waals surface area (Å²) >= 11 is 24.5. The van der Waals surface area contributed by atoms with Crippen molar-refractivity contribution in [2.75, 3.05) is 6.54 Å². The van der Waals surface area contributed by atoms with Gasteiger partial charge in [0, 0.05) is 6.54 Å². The van der Waals surface area contributed by atoms with Gasteiger partial charge < -0.3 is 5.11 Å². The van der Waals surface area contributed by atoms with E-state index >= 15 is 0 Å². The number of carboxylic acids is 1. The molecule has 1 aliphatic rings. The normalized spacial score (nSPS) is 18.0. The van der Waals surface area contributed by atoms with Gasteiger partial charge in [-0.05, 0) is 48.2 Å². The third kappa shape index (κ3) is 3.91. The number of benzene rings is 2. The second-order valence-electron chi connectivity index (χ2n) is 5.98. The van der Waals surface area contributed by atoms with Crippen molar-refractivity contribution in [1.82, 2.24) is 4.90 Å². The van der Waals surface area contributed by atoms with E-state index in [2.05, 4.69) is 0 Å². The van der Waals surface area contributed by atoms with E-state index in [-0.39, 0.29) is 6.04 Å². The third-order valence-electron chi connectivity index (χ3n) is 4.43. The van der Waals surface area contributed by atoms with Gasteiger partial charge in [0.25, 0.3) is 0 Å². The number of hydrogen-bond donors (Lipinski definition) is 1. The van der Waals surface area contributed by atoms with Crippen molar-refractivity contribution >= 4 is 52.4 Å². The molecular formula is C18H15Cl4NO2. The summed E-state index contributed by atoms with van der Waals surface area (Å²) in [6.07, 6.45) is 1.42. The van der Waals surface area contributed by atoms with Gasteiger partial charge in [-0.15, -0.1) is 0 Å². The molecular weight excluding hydrogens is 404 g/mol. The molecule has 0 aromatic heterocycles. The molecule has 1 aliphatic heterocycles. The Bertz CT molecular complexity index is 760. The Hall–Kier alpha value is -0.970. The largest absolute Gasteiger partial charge is 0.480 e. The quantitative estimate of drug-likeness (QED) is 0.667. The van der Waals surface area contributed by atoms with Crippen LogP contribution >= 0.6 is 46.4 Å². The van der Waals surface area contributed by atoms with Crippen LogP contribution in [0.2, 0.25) is 20.1 Å². The monoisotopic (exact) mass is 417 g/mol. The Morgan fingerprint density at radius 3 is 1.92 bits per heavy atom. The summed E-state index contributed by atoms with van der Waals surface area (Å²) in [7, 11) is 0. The fourth-order valence-electron chi connectivity index (χ4n) is 3.30. The lowest BCUT2D eigenvalue weighted by atomic mass is 9.96. The number of rotatable bonds is 4. The highest BCUT2D eigenvalue weighted by molar-refractivity contribution is 6.42. The van der Waals surface area contributed by atoms with Crippen LogP contribution in [0.1, 0.15) is 30.0 Å². The molecule has 0 saturated carbocycles. The zero-order chi connectivity index (χ0) is 18.1. The van der Waals surface area contributed by atoms with E-state index in [1.807, 2.05) is 17.0 Å². The van der Waals surface area contributed by atoms with E-state index in [4.69, 9.17) is 46.4 Å². The molecule has 1 fully saturated rings. The molecule has 0 radical (unpaired) electrons. The fraction of sp³-hybridized carbons (Fsp3) is 0.278. The van der Waals surface area contributed by atoms with Gasteiger partial charge in [0.05, 0.1) is 26.1 Å². The van der Waals surface area contributed by atoms with E-state index in [0.717, 1.165) is 17.5 Å². The molecule has 1 N–H and O–H groups in total. The highest BCUT2D eigenvalue weighted by atomic mass is 35.5. The van der Waals surface area contributed by atoms with Crippen molar-refractivity contribution < 1.29 is 9.90 Å². The SMILES string of the molecule is O=C(O)C1CCCN1C(c1ccc(Cl)c(Cl)c1)c1ccc(Cl)c(Cl)c1. The Balaban J connectivity index is 2.11. The van der Waals surface area contributed by atoms with Crippen LogP contribution < -0.4 is 0 Å². The first-order valence-electron chi connectivity index (χ1n) is 7.77. The van der Waals surface area contributed by atoms with E-state index < -0.39 is 12.0 Å². The Morgan fingerprint density at radius 1 is 0.960 bits per heavy atom. The molecule has 0 aliphatic carbocycles. The first kappa shape index (κ1) is 18.8. The average molecular weight is 419 g/mol. The maximum Gasteiger partial charge on any atom is 0.320 e. The minimum absolute atomic E-state index is 0.298. The fourth-order valence-corrected chi connectivity index (χ4v) is 3.92. The van der Waals surface area contributed by atoms with Gasteiger partial charge in [0.2, 0.25) is 0 Å². The van der Waals surface area contributed by atoms with Crippen molar-refractivity contribution in [1.29, 1.82) is 0 Å². The lowest BCUT2D eigenvalue weighted by Crippen LogP contribution is -2.39. The molecule has 1 atom stereocenters. The molecule has 2 aromatic carbocycles. The van der Waals surface area contributed by atoms with E-state index in [1.165, 1.54) is 0 Å². The summed E-state index contributed by atoms with van der Waals surface area (Å²) < 4.78 is 0. The number of hydrogen-bond acceptors (Lipinski definition) is 2. The molecule has 3 nitrogen and oxygen atoms in total. The Labute approximate surface area is 166 Å². The summed E-state index contributed by atoms with van der Waals surface area (Å²) in [6, 6.07) is 9.84. The molecule has 1 saturated heterocycles. The minimum atomic E-state index is -0.831. The summed E-state index contributed by atoms with van der Waals surface area (Å²) in [6.45, 7) is 0.669. The first-order chi connectivity index (χ1) is 11.9. The van der Waals surface area contributed by atoms with Crippen molar-refractivity contribution in [2.24, 2.45) is 0 Å². The third-order valence-corrected chi connectivity index (χ3v) is 5.91. The van der Waals surface area contributed by atoms with Gasteiger partial charge in [0.1, 0.15) is 6.04 Å². The van der Waals surface area contributed by atoms with Gasteiger partial charge in [-0.3, -0.25) is 9.69 Å². The predicted molar refractivity (Wildman–Crippen MR) is 102 cm³/mol. The molecule has 3 rings (SSSR count). The van der Waals surface area contributed by atoms with E-state index in [0.29, 0.717) is 33.1 Å². The predicted octanol–water partition coefficient (Wildman–Crippen LogP) is 5.94. The number of nitrogens with zero attached hydrogens (tertiary/aromatic N) is 1. The van der Waals surface area contributed by atoms with Crippen LogP contribution in [0.5, 0.6) is 0 Å². The van der Waals surface area contributed by atoms with Crippen LogP contribution in [0.15, 0.2) is 36.4 Å². The maximum atomic E-state index is 11.7. The summed E-state index contributed by atoms with van der Waals surface area (Å²) in [5.74, 6) is -0.831. The van der Waals surface area contributed by atoms with Crippen molar-refractivity contribution in [3.05, 3.63) is 67.6 Å². The van der Waals surface area contributed by atoms with Gasteiger partial charge in [-0.1, -0.05) is 58.5 Å². The number of aliphatic carboxylic acids is 1. The molecule has 0 spiro atoms. The van der Waals surface area contributed by atoms with Gasteiger partial charge in [0.15, 0.2) is 0 Å². The highest BCUT2D eigenvalue weighted by Crippen LogP contribution is 2.38. The molecule has 132 valence electrons. The molecule has 1 unspecified atom stereocenters. The van der Waals surface area contributed by atoms with Crippen LogP contribution in [-0.4, -0.2) is 28.6 Å². The maximum absolute atomic E-state index is 11.7. The highest BCUT2D eigenvalue weighted by Gasteiger charge is 2.37. The van der Waals surface area contributed by atoms with E-state index in [9.17, 15) is 9.90 Å². The van der Waals surface area contributed by atoms with Crippen LogP contribution in [0.4, 0.5) is 0 Å². The van der Waals surface area contributed by atoms with Crippen molar-refractivity contribution in [2.45, 2.75) is 24.9 Å². The topological polar surface area (TPSA) is 40.5 Å². The lowest BCUT2D eigenvalue weighted by molar-refractivity contribution is -0.142. The lowest BCUT2D eigenvalue weighted by Gasteiger charge is -2.32. The smallest absolute Gasteiger partial charge is 0.320 e. The molecule has 7 heteroatoms. The number of likely N-dealkylation sites (tertiary alicyclic amines) is 1. The zero-order valence-electron chi connectivity index (χ0n) is 13.1. The first-order valence-corrected chi connectivity index (χ1v) is 9.28. The zero-order valence-corrected chi connectivity index (χ0v) is 16.1. The minimum Gasteiger partial charge on any atom is -0.480 e. The summed E-state index contributed by atoms with van der Waals surface area (Å²) in [5.41, 5.74) is 1.72. The van der Waals surface area contributed by atoms with Gasteiger partial charge in [-0.25, -0.2) is 0 Å². The number of carboxylic acid groups (broad SMARTS) is 1. The molecule has 0 bridgehead atoms. The average Bonchev–Trinajstić information content (AvgIpc) is 3.04. The van der Waals surface area contributed by atoms with Crippen LogP contribution in [-0.2, 0) is 4.79 Å². The molecule has 25 heavy (non-hydrogen) atoms. The standard InChI is InChI=1S/C18H15Cl4NO2/c19-12-5-3-10(8-14(12)21)17(11-4-6-13(20)15(22)9-11)23-7-1-2-16(23)18(24)25/h3-6,8-9,16-17H,1-2,7H2,(H,24,25). The second kappa shape index (κ2) is 7.73. The van der Waals surface area contributed by atoms with Gasteiger partial charge in [-0.2, -0.15) is 0 Å². The number of carbonyl (C=O) groups is 1. The van der Waals surface area contributed by atoms with Crippen molar-refractivity contribution in [3.63, 3.8) is 0 Å². The van der Waals surface area contributed by atoms with Gasteiger partial charge >= 0.3 is 5.97 Å². The second-order valence-corrected chi connectivity index (χ2v) is 7.61. The number of halogens is 4. The van der Waals surface area contributed by atoms with Crippen LogP contribution in [0.25, 0.3) is 0 Å². The Morgan fingerprint density at radius 2 is 1.48 bits per heavy atom. The van der Waals surface area contributed by atoms with Crippen LogP contribution in [0, 0.1) is 0 Å². The molecule has 1 heterocycles. The van der Waals surface area contributed by atoms with E-state index in [1.54, 1.807) is 24.3 Å². The van der Waals surface area contributed by atoms with Crippen molar-refractivity contribution in [3.8, 4) is 0 Å². The van der Waals surface area contributed by atoms with Crippen LogP contribution in [0.3, 0.4) is 0 Å². The summed E-state index contributed by atoms with van der Waals surface area (Å²) in [4.78, 5) is 13.6. The molecule has 0 amide bonds. The molecule has 2 aromatic rings. The Kier molecular flexibility index (Phi) is 5.81.